The van der Waals surface area contributed by atoms with Gasteiger partial charge in [-0.1, -0.05) is 29.3 Å². The first kappa shape index (κ1) is 14.1. The van der Waals surface area contributed by atoms with Gasteiger partial charge in [-0.15, -0.1) is 0 Å². The summed E-state index contributed by atoms with van der Waals surface area (Å²) in [6, 6.07) is 5.71. The topological polar surface area (TPSA) is 35.2 Å². The molecule has 4 heteroatoms. The second kappa shape index (κ2) is 6.76. The molecule has 100 valence electrons. The molecule has 1 aromatic carbocycles. The molecule has 0 bridgehead atoms. The third kappa shape index (κ3) is 4.13. The molecule has 1 fully saturated rings. The normalized spacial score (nSPS) is 21.2. The van der Waals surface area contributed by atoms with Gasteiger partial charge in [-0.2, -0.15) is 0 Å². The van der Waals surface area contributed by atoms with E-state index in [4.69, 9.17) is 33.7 Å². The Kier molecular flexibility index (Phi) is 5.31. The predicted octanol–water partition coefficient (Wildman–Crippen LogP) is 3.82. The molecule has 1 saturated heterocycles. The molecule has 2 rings (SSSR count). The first-order valence-corrected chi connectivity index (χ1v) is 7.22. The van der Waals surface area contributed by atoms with E-state index >= 15 is 0 Å². The lowest BCUT2D eigenvalue weighted by molar-refractivity contribution is 0.101. The summed E-state index contributed by atoms with van der Waals surface area (Å²) in [5, 5.41) is 1.37. The van der Waals surface area contributed by atoms with Gasteiger partial charge in [0.25, 0.3) is 0 Å². The number of rotatable bonds is 5. The van der Waals surface area contributed by atoms with Crippen molar-refractivity contribution in [3.05, 3.63) is 33.8 Å². The summed E-state index contributed by atoms with van der Waals surface area (Å²) in [6.45, 7) is 0.906. The average molecular weight is 288 g/mol. The zero-order valence-corrected chi connectivity index (χ0v) is 11.9. The molecule has 0 saturated carbocycles. The van der Waals surface area contributed by atoms with Gasteiger partial charge in [0.2, 0.25) is 0 Å². The number of nitrogens with two attached hydrogens (primary N) is 1. The van der Waals surface area contributed by atoms with Gasteiger partial charge in [0.05, 0.1) is 6.10 Å². The van der Waals surface area contributed by atoms with E-state index in [-0.39, 0.29) is 6.04 Å². The van der Waals surface area contributed by atoms with Crippen molar-refractivity contribution in [2.24, 2.45) is 5.73 Å². The van der Waals surface area contributed by atoms with Crippen LogP contribution in [0.1, 0.15) is 31.2 Å². The fourth-order valence-corrected chi connectivity index (χ4v) is 2.83. The van der Waals surface area contributed by atoms with Gasteiger partial charge in [-0.05, 0) is 49.8 Å². The van der Waals surface area contributed by atoms with E-state index in [0.29, 0.717) is 16.1 Å². The molecule has 2 unspecified atom stereocenters. The van der Waals surface area contributed by atoms with E-state index in [1.165, 1.54) is 12.8 Å². The van der Waals surface area contributed by atoms with Crippen molar-refractivity contribution in [2.75, 3.05) is 6.61 Å². The maximum absolute atomic E-state index is 6.14. The summed E-state index contributed by atoms with van der Waals surface area (Å²) in [6.07, 6.45) is 5.59. The largest absolute Gasteiger partial charge is 0.378 e. The molecule has 0 radical (unpaired) electrons. The number of hydrogen-bond donors (Lipinski definition) is 1. The van der Waals surface area contributed by atoms with Crippen LogP contribution in [0.3, 0.4) is 0 Å². The zero-order valence-electron chi connectivity index (χ0n) is 10.4. The van der Waals surface area contributed by atoms with Crippen LogP contribution >= 0.6 is 23.2 Å². The lowest BCUT2D eigenvalue weighted by Gasteiger charge is -2.15. The lowest BCUT2D eigenvalue weighted by Crippen LogP contribution is -2.24. The Morgan fingerprint density at radius 3 is 2.89 bits per heavy atom. The molecule has 0 aromatic heterocycles. The fourth-order valence-electron chi connectivity index (χ4n) is 2.34. The van der Waals surface area contributed by atoms with Gasteiger partial charge in [-0.25, -0.2) is 0 Å². The Hall–Kier alpha value is -0.280. The van der Waals surface area contributed by atoms with E-state index < -0.39 is 0 Å². The van der Waals surface area contributed by atoms with E-state index in [2.05, 4.69) is 0 Å². The summed E-state index contributed by atoms with van der Waals surface area (Å²) in [7, 11) is 0. The molecular formula is C14H19Cl2NO. The summed E-state index contributed by atoms with van der Waals surface area (Å²) < 4.78 is 5.59. The Bertz CT molecular complexity index is 391. The highest BCUT2D eigenvalue weighted by Crippen LogP contribution is 2.23. The highest BCUT2D eigenvalue weighted by Gasteiger charge is 2.17. The minimum absolute atomic E-state index is 0.132. The van der Waals surface area contributed by atoms with Crippen LogP contribution in [-0.4, -0.2) is 18.8 Å². The first-order valence-electron chi connectivity index (χ1n) is 6.46. The van der Waals surface area contributed by atoms with Gasteiger partial charge in [0.1, 0.15) is 0 Å². The maximum Gasteiger partial charge on any atom is 0.0576 e. The molecule has 1 aliphatic rings. The summed E-state index contributed by atoms with van der Waals surface area (Å²) >= 11 is 12.0. The van der Waals surface area contributed by atoms with Crippen LogP contribution < -0.4 is 5.73 Å². The van der Waals surface area contributed by atoms with Gasteiger partial charge >= 0.3 is 0 Å². The highest BCUT2D eigenvalue weighted by atomic mass is 35.5. The van der Waals surface area contributed by atoms with Crippen LogP contribution in [0, 0.1) is 0 Å². The van der Waals surface area contributed by atoms with Crippen LogP contribution in [0.5, 0.6) is 0 Å². The van der Waals surface area contributed by atoms with Crippen LogP contribution in [-0.2, 0) is 11.2 Å². The summed E-state index contributed by atoms with van der Waals surface area (Å²) in [4.78, 5) is 0. The zero-order chi connectivity index (χ0) is 13.0. The van der Waals surface area contributed by atoms with Gasteiger partial charge in [-0.3, -0.25) is 0 Å². The standard InChI is InChI=1S/C14H19Cl2NO/c15-11-4-3-10(14(16)9-11)8-12(17)5-6-13-2-1-7-18-13/h3-4,9,12-13H,1-2,5-8,17H2. The van der Waals surface area contributed by atoms with Crippen molar-refractivity contribution < 1.29 is 4.74 Å². The Morgan fingerprint density at radius 2 is 2.22 bits per heavy atom. The predicted molar refractivity (Wildman–Crippen MR) is 76.3 cm³/mol. The van der Waals surface area contributed by atoms with Crippen LogP contribution in [0.4, 0.5) is 0 Å². The van der Waals surface area contributed by atoms with E-state index in [9.17, 15) is 0 Å². The molecule has 0 spiro atoms. The molecule has 0 aliphatic carbocycles. The third-order valence-electron chi connectivity index (χ3n) is 3.38. The maximum atomic E-state index is 6.14. The minimum Gasteiger partial charge on any atom is -0.378 e. The number of hydrogen-bond acceptors (Lipinski definition) is 2. The van der Waals surface area contributed by atoms with Crippen molar-refractivity contribution in [1.82, 2.24) is 0 Å². The number of halogens is 2. The molecule has 2 atom stereocenters. The molecule has 1 aromatic rings. The van der Waals surface area contributed by atoms with Crippen LogP contribution in [0.25, 0.3) is 0 Å². The lowest BCUT2D eigenvalue weighted by atomic mass is 10.00. The molecule has 1 heterocycles. The fraction of sp³-hybridized carbons (Fsp3) is 0.571. The third-order valence-corrected chi connectivity index (χ3v) is 3.97. The monoisotopic (exact) mass is 287 g/mol. The SMILES string of the molecule is NC(CCC1CCCO1)Cc1ccc(Cl)cc1Cl. The molecular weight excluding hydrogens is 269 g/mol. The smallest absolute Gasteiger partial charge is 0.0576 e. The Balaban J connectivity index is 1.80. The van der Waals surface area contributed by atoms with E-state index in [0.717, 1.165) is 31.4 Å². The molecule has 18 heavy (non-hydrogen) atoms. The Morgan fingerprint density at radius 1 is 1.39 bits per heavy atom. The van der Waals surface area contributed by atoms with Crippen LogP contribution in [0.2, 0.25) is 10.0 Å². The Labute approximate surface area is 118 Å². The van der Waals surface area contributed by atoms with Gasteiger partial charge in [0, 0.05) is 22.7 Å². The minimum atomic E-state index is 0.132. The van der Waals surface area contributed by atoms with Crippen molar-refractivity contribution in [3.8, 4) is 0 Å². The second-order valence-corrected chi connectivity index (χ2v) is 5.76. The van der Waals surface area contributed by atoms with Crippen molar-refractivity contribution in [2.45, 2.75) is 44.2 Å². The van der Waals surface area contributed by atoms with Crippen molar-refractivity contribution >= 4 is 23.2 Å². The first-order chi connectivity index (χ1) is 8.65. The highest BCUT2D eigenvalue weighted by molar-refractivity contribution is 6.35. The molecule has 1 aliphatic heterocycles. The van der Waals surface area contributed by atoms with E-state index in [1.54, 1.807) is 6.07 Å². The average Bonchev–Trinajstić information content (AvgIpc) is 2.83. The van der Waals surface area contributed by atoms with Crippen LogP contribution in [0.15, 0.2) is 18.2 Å². The van der Waals surface area contributed by atoms with Crippen molar-refractivity contribution in [3.63, 3.8) is 0 Å². The number of ether oxygens (including phenoxy) is 1. The molecule has 2 nitrogen and oxygen atoms in total. The number of benzene rings is 1. The quantitative estimate of drug-likeness (QED) is 0.894. The second-order valence-electron chi connectivity index (χ2n) is 4.91. The van der Waals surface area contributed by atoms with Gasteiger partial charge < -0.3 is 10.5 Å². The summed E-state index contributed by atoms with van der Waals surface area (Å²) in [5.74, 6) is 0. The van der Waals surface area contributed by atoms with E-state index in [1.807, 2.05) is 12.1 Å². The molecule has 0 amide bonds. The van der Waals surface area contributed by atoms with Crippen molar-refractivity contribution in [1.29, 1.82) is 0 Å². The van der Waals surface area contributed by atoms with Gasteiger partial charge in [0.15, 0.2) is 0 Å². The summed E-state index contributed by atoms with van der Waals surface area (Å²) in [5.41, 5.74) is 7.21. The molecule has 2 N–H and O–H groups in total.